The minimum absolute atomic E-state index is 0.544. The van der Waals surface area contributed by atoms with E-state index in [4.69, 9.17) is 14.2 Å². The molecule has 0 fully saturated rings. The van der Waals surface area contributed by atoms with Crippen LogP contribution in [0.1, 0.15) is 11.3 Å². The Morgan fingerprint density at radius 2 is 1.72 bits per heavy atom. The highest BCUT2D eigenvalue weighted by Gasteiger charge is 2.06. The van der Waals surface area contributed by atoms with Gasteiger partial charge in [0.1, 0.15) is 0 Å². The smallest absolute Gasteiger partial charge is 0.213 e. The van der Waals surface area contributed by atoms with Gasteiger partial charge < -0.3 is 24.8 Å². The predicted molar refractivity (Wildman–Crippen MR) is 97.4 cm³/mol. The Labute approximate surface area is 148 Å². The first-order valence-electron chi connectivity index (χ1n) is 7.85. The van der Waals surface area contributed by atoms with Crippen LogP contribution in [0.15, 0.2) is 41.4 Å². The van der Waals surface area contributed by atoms with Crippen LogP contribution in [0.5, 0.6) is 17.4 Å². The molecule has 1 heterocycles. The third kappa shape index (κ3) is 5.27. The first-order valence-corrected chi connectivity index (χ1v) is 7.85. The summed E-state index contributed by atoms with van der Waals surface area (Å²) in [5.41, 5.74) is 1.92. The number of aliphatic imine (C=N–C) groups is 1. The van der Waals surface area contributed by atoms with Crippen LogP contribution >= 0.6 is 0 Å². The van der Waals surface area contributed by atoms with E-state index in [1.54, 1.807) is 28.4 Å². The van der Waals surface area contributed by atoms with Crippen LogP contribution in [-0.2, 0) is 13.1 Å². The summed E-state index contributed by atoms with van der Waals surface area (Å²) in [6.07, 6.45) is 0. The van der Waals surface area contributed by atoms with Gasteiger partial charge in [-0.2, -0.15) is 0 Å². The van der Waals surface area contributed by atoms with E-state index in [2.05, 4.69) is 20.6 Å². The van der Waals surface area contributed by atoms with Crippen molar-refractivity contribution in [1.29, 1.82) is 0 Å². The summed E-state index contributed by atoms with van der Waals surface area (Å²) >= 11 is 0. The van der Waals surface area contributed by atoms with Crippen LogP contribution in [0.2, 0.25) is 0 Å². The highest BCUT2D eigenvalue weighted by Crippen LogP contribution is 2.27. The van der Waals surface area contributed by atoms with Gasteiger partial charge >= 0.3 is 0 Å². The normalized spacial score (nSPS) is 11.0. The first kappa shape index (κ1) is 18.4. The van der Waals surface area contributed by atoms with Gasteiger partial charge in [0, 0.05) is 19.7 Å². The van der Waals surface area contributed by atoms with Crippen LogP contribution in [-0.4, -0.2) is 39.3 Å². The first-order chi connectivity index (χ1) is 12.2. The van der Waals surface area contributed by atoms with E-state index in [0.29, 0.717) is 36.4 Å². The topological polar surface area (TPSA) is 77.0 Å². The number of benzene rings is 1. The fourth-order valence-corrected chi connectivity index (χ4v) is 2.24. The average molecular weight is 344 g/mol. The summed E-state index contributed by atoms with van der Waals surface area (Å²) in [5, 5.41) is 6.48. The molecular formula is C18H24N4O3. The minimum atomic E-state index is 0.544. The largest absolute Gasteiger partial charge is 0.493 e. The summed E-state index contributed by atoms with van der Waals surface area (Å²) in [7, 11) is 6.57. The maximum atomic E-state index is 5.32. The van der Waals surface area contributed by atoms with Crippen molar-refractivity contribution < 1.29 is 14.2 Å². The zero-order valence-electron chi connectivity index (χ0n) is 15.0. The number of hydrogen-bond donors (Lipinski definition) is 2. The van der Waals surface area contributed by atoms with Crippen LogP contribution in [0, 0.1) is 0 Å². The Kier molecular flexibility index (Phi) is 6.88. The molecule has 0 atom stereocenters. The van der Waals surface area contributed by atoms with Crippen molar-refractivity contribution in [3.63, 3.8) is 0 Å². The molecule has 1 aromatic carbocycles. The molecule has 0 unspecified atom stereocenters. The van der Waals surface area contributed by atoms with Crippen molar-refractivity contribution in [2.24, 2.45) is 4.99 Å². The van der Waals surface area contributed by atoms with Crippen molar-refractivity contribution in [3.8, 4) is 17.4 Å². The van der Waals surface area contributed by atoms with E-state index in [0.717, 1.165) is 11.3 Å². The van der Waals surface area contributed by atoms with E-state index in [9.17, 15) is 0 Å². The van der Waals surface area contributed by atoms with Crippen LogP contribution < -0.4 is 24.8 Å². The SMILES string of the molecule is CN=C(NCc1ccc(OC)c(OC)c1)NCc1cccc(OC)n1. The Morgan fingerprint density at radius 1 is 0.960 bits per heavy atom. The predicted octanol–water partition coefficient (Wildman–Crippen LogP) is 1.97. The molecule has 0 spiro atoms. The zero-order chi connectivity index (χ0) is 18.1. The van der Waals surface area contributed by atoms with Gasteiger partial charge in [0.15, 0.2) is 17.5 Å². The molecule has 1 aromatic heterocycles. The van der Waals surface area contributed by atoms with E-state index >= 15 is 0 Å². The Morgan fingerprint density at radius 3 is 2.40 bits per heavy atom. The Balaban J connectivity index is 1.92. The van der Waals surface area contributed by atoms with Gasteiger partial charge in [-0.05, 0) is 23.8 Å². The van der Waals surface area contributed by atoms with Gasteiger partial charge in [0.05, 0.1) is 33.6 Å². The molecule has 2 N–H and O–H groups in total. The summed E-state index contributed by atoms with van der Waals surface area (Å²) in [4.78, 5) is 8.58. The minimum Gasteiger partial charge on any atom is -0.493 e. The average Bonchev–Trinajstić information content (AvgIpc) is 2.68. The Bertz CT molecular complexity index is 719. The van der Waals surface area contributed by atoms with Crippen molar-refractivity contribution in [2.45, 2.75) is 13.1 Å². The molecule has 0 aliphatic rings. The monoisotopic (exact) mass is 344 g/mol. The number of pyridine rings is 1. The molecule has 0 saturated carbocycles. The maximum Gasteiger partial charge on any atom is 0.213 e. The highest BCUT2D eigenvalue weighted by atomic mass is 16.5. The van der Waals surface area contributed by atoms with E-state index in [1.165, 1.54) is 0 Å². The van der Waals surface area contributed by atoms with Crippen molar-refractivity contribution in [3.05, 3.63) is 47.7 Å². The molecule has 0 aliphatic heterocycles. The second-order valence-electron chi connectivity index (χ2n) is 5.14. The van der Waals surface area contributed by atoms with E-state index in [-0.39, 0.29) is 0 Å². The fourth-order valence-electron chi connectivity index (χ4n) is 2.24. The number of methoxy groups -OCH3 is 3. The molecule has 0 saturated heterocycles. The molecule has 0 radical (unpaired) electrons. The number of rotatable bonds is 7. The third-order valence-corrected chi connectivity index (χ3v) is 3.56. The lowest BCUT2D eigenvalue weighted by molar-refractivity contribution is 0.354. The number of guanidine groups is 1. The number of hydrogen-bond acceptors (Lipinski definition) is 5. The Hall–Kier alpha value is -2.96. The number of aromatic nitrogens is 1. The van der Waals surface area contributed by atoms with Gasteiger partial charge in [0.2, 0.25) is 5.88 Å². The standard InChI is InChI=1S/C18H24N4O3/c1-19-18(21-12-14-6-5-7-17(22-14)25-4)20-11-13-8-9-15(23-2)16(10-13)24-3/h5-10H,11-12H2,1-4H3,(H2,19,20,21). The quantitative estimate of drug-likeness (QED) is 0.591. The van der Waals surface area contributed by atoms with Gasteiger partial charge in [-0.25, -0.2) is 4.98 Å². The molecule has 2 aromatic rings. The number of ether oxygens (including phenoxy) is 3. The van der Waals surface area contributed by atoms with Crippen molar-refractivity contribution in [2.75, 3.05) is 28.4 Å². The number of nitrogens with one attached hydrogen (secondary N) is 2. The molecule has 134 valence electrons. The van der Waals surface area contributed by atoms with E-state index < -0.39 is 0 Å². The molecule has 25 heavy (non-hydrogen) atoms. The fraction of sp³-hybridized carbons (Fsp3) is 0.333. The van der Waals surface area contributed by atoms with Gasteiger partial charge in [-0.1, -0.05) is 12.1 Å². The summed E-state index contributed by atoms with van der Waals surface area (Å²) < 4.78 is 15.7. The second-order valence-corrected chi connectivity index (χ2v) is 5.14. The zero-order valence-corrected chi connectivity index (χ0v) is 15.0. The summed E-state index contributed by atoms with van der Waals surface area (Å²) in [6.45, 7) is 1.15. The maximum absolute atomic E-state index is 5.32. The molecular weight excluding hydrogens is 320 g/mol. The second kappa shape index (κ2) is 9.36. The van der Waals surface area contributed by atoms with E-state index in [1.807, 2.05) is 36.4 Å². The van der Waals surface area contributed by atoms with Crippen LogP contribution in [0.3, 0.4) is 0 Å². The highest BCUT2D eigenvalue weighted by molar-refractivity contribution is 5.79. The molecule has 0 bridgehead atoms. The lowest BCUT2D eigenvalue weighted by atomic mass is 10.2. The molecule has 2 rings (SSSR count). The molecule has 0 amide bonds. The van der Waals surface area contributed by atoms with Crippen LogP contribution in [0.4, 0.5) is 0 Å². The lowest BCUT2D eigenvalue weighted by Gasteiger charge is -2.13. The van der Waals surface area contributed by atoms with Crippen molar-refractivity contribution >= 4 is 5.96 Å². The van der Waals surface area contributed by atoms with Gasteiger partial charge in [-0.15, -0.1) is 0 Å². The van der Waals surface area contributed by atoms with Crippen LogP contribution in [0.25, 0.3) is 0 Å². The third-order valence-electron chi connectivity index (χ3n) is 3.56. The molecule has 7 heteroatoms. The number of nitrogens with zero attached hydrogens (tertiary/aromatic N) is 2. The van der Waals surface area contributed by atoms with Crippen molar-refractivity contribution in [1.82, 2.24) is 15.6 Å². The molecule has 0 aliphatic carbocycles. The lowest BCUT2D eigenvalue weighted by Crippen LogP contribution is -2.36. The van der Waals surface area contributed by atoms with Gasteiger partial charge in [-0.3, -0.25) is 4.99 Å². The summed E-state index contributed by atoms with van der Waals surface area (Å²) in [5.74, 6) is 2.68. The van der Waals surface area contributed by atoms with Gasteiger partial charge in [0.25, 0.3) is 0 Å². The summed E-state index contributed by atoms with van der Waals surface area (Å²) in [6, 6.07) is 11.4. The molecule has 7 nitrogen and oxygen atoms in total.